The molecule has 4 nitrogen and oxygen atoms in total. The maximum atomic E-state index is 11.9. The van der Waals surface area contributed by atoms with Gasteiger partial charge in [0, 0.05) is 18.4 Å². The van der Waals surface area contributed by atoms with Crippen molar-refractivity contribution >= 4 is 46.6 Å². The van der Waals surface area contributed by atoms with Crippen LogP contribution in [0.5, 0.6) is 5.75 Å². The lowest BCUT2D eigenvalue weighted by Crippen LogP contribution is -2.24. The van der Waals surface area contributed by atoms with Crippen molar-refractivity contribution in [1.29, 1.82) is 0 Å². The number of benzene rings is 1. The van der Waals surface area contributed by atoms with Crippen LogP contribution >= 0.6 is 35.0 Å². The zero-order valence-corrected chi connectivity index (χ0v) is 12.4. The highest BCUT2D eigenvalue weighted by Crippen LogP contribution is 2.35. The third-order valence-corrected chi connectivity index (χ3v) is 4.26. The van der Waals surface area contributed by atoms with Gasteiger partial charge in [0.1, 0.15) is 0 Å². The summed E-state index contributed by atoms with van der Waals surface area (Å²) in [4.78, 5) is 14.2. The van der Waals surface area contributed by atoms with Gasteiger partial charge in [-0.15, -0.1) is 0 Å². The molecule has 0 atom stereocenters. The summed E-state index contributed by atoms with van der Waals surface area (Å²) < 4.78 is 0. The molecule has 0 aliphatic carbocycles. The van der Waals surface area contributed by atoms with Crippen LogP contribution in [0.3, 0.4) is 0 Å². The summed E-state index contributed by atoms with van der Waals surface area (Å²) in [5.74, 6) is 0.529. The lowest BCUT2D eigenvalue weighted by atomic mass is 10.3. The number of nitrogens with zero attached hydrogens (tertiary/aromatic N) is 1. The smallest absolute Gasteiger partial charge is 0.262 e. The summed E-state index contributed by atoms with van der Waals surface area (Å²) in [6, 6.07) is 3.09. The molecular formula is C12H12Cl2N2O2S. The van der Waals surface area contributed by atoms with Gasteiger partial charge in [-0.1, -0.05) is 35.0 Å². The number of phenolic OH excluding ortho intramolecular Hbond substituents is 1. The highest BCUT2D eigenvalue weighted by molar-refractivity contribution is 8.04. The second-order valence-corrected chi connectivity index (χ2v) is 5.68. The maximum absolute atomic E-state index is 11.9. The summed E-state index contributed by atoms with van der Waals surface area (Å²) in [7, 11) is 0. The summed E-state index contributed by atoms with van der Waals surface area (Å²) >= 11 is 13.1. The van der Waals surface area contributed by atoms with Gasteiger partial charge in [0.2, 0.25) is 0 Å². The normalized spacial score (nSPS) is 17.3. The van der Waals surface area contributed by atoms with E-state index in [0.29, 0.717) is 23.0 Å². The summed E-state index contributed by atoms with van der Waals surface area (Å²) in [6.45, 7) is 2.63. The molecule has 7 heteroatoms. The molecule has 2 rings (SSSR count). The van der Waals surface area contributed by atoms with Gasteiger partial charge < -0.3 is 15.3 Å². The van der Waals surface area contributed by atoms with Crippen LogP contribution in [-0.4, -0.2) is 28.3 Å². The third kappa shape index (κ3) is 3.11. The number of rotatable bonds is 3. The van der Waals surface area contributed by atoms with Crippen molar-refractivity contribution in [3.05, 3.63) is 33.3 Å². The first kappa shape index (κ1) is 14.4. The Labute approximate surface area is 125 Å². The quantitative estimate of drug-likeness (QED) is 0.661. The Hall–Kier alpha value is -1.04. The van der Waals surface area contributed by atoms with E-state index < -0.39 is 0 Å². The number of hydrogen-bond acceptors (Lipinski definition) is 4. The van der Waals surface area contributed by atoms with Gasteiger partial charge in [0.05, 0.1) is 20.8 Å². The molecule has 0 saturated carbocycles. The van der Waals surface area contributed by atoms with E-state index in [1.165, 1.54) is 11.8 Å². The molecular weight excluding hydrogens is 307 g/mol. The molecule has 1 heterocycles. The molecule has 1 fully saturated rings. The lowest BCUT2D eigenvalue weighted by molar-refractivity contribution is -0.124. The van der Waals surface area contributed by atoms with Crippen molar-refractivity contribution < 1.29 is 9.90 Å². The Morgan fingerprint density at radius 3 is 2.63 bits per heavy atom. The number of thioether (sulfide) groups is 1. The first-order valence-corrected chi connectivity index (χ1v) is 7.34. The standard InChI is InChI=1S/C12H12Cl2N2O2S/c1-2-16-6-19-10(12(16)18)5-15-7-3-8(13)11(17)9(14)4-7/h3-5,15,17H,2,6H2,1H3. The molecule has 0 unspecified atom stereocenters. The Bertz CT molecular complexity index is 526. The molecule has 1 aromatic carbocycles. The molecule has 1 aromatic rings. The topological polar surface area (TPSA) is 52.6 Å². The number of carbonyl (C=O) groups excluding carboxylic acids is 1. The van der Waals surface area contributed by atoms with Crippen molar-refractivity contribution in [3.63, 3.8) is 0 Å². The molecule has 1 saturated heterocycles. The maximum Gasteiger partial charge on any atom is 0.262 e. The third-order valence-electron chi connectivity index (χ3n) is 2.64. The highest BCUT2D eigenvalue weighted by atomic mass is 35.5. The number of likely N-dealkylation sites (N-methyl/N-ethyl adjacent to an activating group) is 1. The minimum atomic E-state index is -0.148. The fraction of sp³-hybridized carbons (Fsp3) is 0.250. The number of anilines is 1. The van der Waals surface area contributed by atoms with Gasteiger partial charge in [-0.05, 0) is 19.1 Å². The summed E-state index contributed by atoms with van der Waals surface area (Å²) in [5.41, 5.74) is 0.614. The minimum Gasteiger partial charge on any atom is -0.505 e. The van der Waals surface area contributed by atoms with E-state index in [9.17, 15) is 9.90 Å². The Morgan fingerprint density at radius 1 is 1.47 bits per heavy atom. The van der Waals surface area contributed by atoms with Gasteiger partial charge in [0.25, 0.3) is 5.91 Å². The van der Waals surface area contributed by atoms with Crippen LogP contribution in [0.15, 0.2) is 23.2 Å². The molecule has 1 aliphatic heterocycles. The Balaban J connectivity index is 2.13. The van der Waals surface area contributed by atoms with E-state index in [1.54, 1.807) is 23.2 Å². The molecule has 0 aromatic heterocycles. The van der Waals surface area contributed by atoms with Crippen molar-refractivity contribution in [2.45, 2.75) is 6.92 Å². The number of amides is 1. The number of carbonyl (C=O) groups is 1. The fourth-order valence-corrected chi connectivity index (χ4v) is 3.04. The van der Waals surface area contributed by atoms with Crippen molar-refractivity contribution in [2.24, 2.45) is 0 Å². The molecule has 2 N–H and O–H groups in total. The summed E-state index contributed by atoms with van der Waals surface area (Å²) in [5, 5.41) is 12.7. The molecule has 0 spiro atoms. The number of phenols is 1. The van der Waals surface area contributed by atoms with Crippen LogP contribution in [-0.2, 0) is 4.79 Å². The van der Waals surface area contributed by atoms with Crippen LogP contribution < -0.4 is 5.32 Å². The van der Waals surface area contributed by atoms with E-state index in [2.05, 4.69) is 5.32 Å². The Kier molecular flexibility index (Phi) is 4.50. The molecule has 0 bridgehead atoms. The van der Waals surface area contributed by atoms with E-state index in [4.69, 9.17) is 23.2 Å². The zero-order chi connectivity index (χ0) is 14.0. The monoisotopic (exact) mass is 318 g/mol. The predicted octanol–water partition coefficient (Wildman–Crippen LogP) is 3.51. The molecule has 19 heavy (non-hydrogen) atoms. The number of halogens is 2. The van der Waals surface area contributed by atoms with Crippen LogP contribution in [0.25, 0.3) is 0 Å². The number of aromatic hydroxyl groups is 1. The van der Waals surface area contributed by atoms with Crippen molar-refractivity contribution in [3.8, 4) is 5.75 Å². The molecule has 0 radical (unpaired) electrons. The van der Waals surface area contributed by atoms with Gasteiger partial charge in [-0.3, -0.25) is 4.79 Å². The second kappa shape index (κ2) is 5.94. The predicted molar refractivity (Wildman–Crippen MR) is 79.7 cm³/mol. The average Bonchev–Trinajstić information content (AvgIpc) is 2.74. The average molecular weight is 319 g/mol. The van der Waals surface area contributed by atoms with Crippen LogP contribution in [0, 0.1) is 0 Å². The van der Waals surface area contributed by atoms with E-state index in [1.807, 2.05) is 6.92 Å². The fourth-order valence-electron chi connectivity index (χ4n) is 1.56. The molecule has 1 amide bonds. The van der Waals surface area contributed by atoms with Gasteiger partial charge in [0.15, 0.2) is 5.75 Å². The van der Waals surface area contributed by atoms with Gasteiger partial charge in [-0.2, -0.15) is 0 Å². The summed E-state index contributed by atoms with van der Waals surface area (Å²) in [6.07, 6.45) is 1.63. The van der Waals surface area contributed by atoms with Gasteiger partial charge in [-0.25, -0.2) is 0 Å². The Morgan fingerprint density at radius 2 is 2.11 bits per heavy atom. The molecule has 102 valence electrons. The van der Waals surface area contributed by atoms with Crippen LogP contribution in [0.2, 0.25) is 10.0 Å². The van der Waals surface area contributed by atoms with E-state index >= 15 is 0 Å². The van der Waals surface area contributed by atoms with Crippen molar-refractivity contribution in [1.82, 2.24) is 4.90 Å². The molecule has 1 aliphatic rings. The second-order valence-electron chi connectivity index (χ2n) is 3.88. The highest BCUT2D eigenvalue weighted by Gasteiger charge is 2.25. The number of nitrogens with one attached hydrogen (secondary N) is 1. The first-order valence-electron chi connectivity index (χ1n) is 5.59. The first-order chi connectivity index (χ1) is 9.02. The largest absolute Gasteiger partial charge is 0.505 e. The number of hydrogen-bond donors (Lipinski definition) is 2. The lowest BCUT2D eigenvalue weighted by Gasteiger charge is -2.09. The van der Waals surface area contributed by atoms with E-state index in [0.717, 1.165) is 0 Å². The van der Waals surface area contributed by atoms with Crippen LogP contribution in [0.4, 0.5) is 5.69 Å². The zero-order valence-electron chi connectivity index (χ0n) is 10.1. The van der Waals surface area contributed by atoms with Crippen molar-refractivity contribution in [2.75, 3.05) is 17.7 Å². The SMILES string of the molecule is CCN1CSC(=CNc2cc(Cl)c(O)c(Cl)c2)C1=O. The van der Waals surface area contributed by atoms with E-state index in [-0.39, 0.29) is 21.7 Å². The minimum absolute atomic E-state index is 0.0102. The van der Waals surface area contributed by atoms with Gasteiger partial charge >= 0.3 is 0 Å². The van der Waals surface area contributed by atoms with Crippen LogP contribution in [0.1, 0.15) is 6.92 Å².